The average Bonchev–Trinajstić information content (AvgIpc) is 2.64. The molecule has 0 atom stereocenters. The zero-order chi connectivity index (χ0) is 19.4. The SMILES string of the molecule is Cc1cc(C)c(Nc2cnc(C(=O)NCc3ccccc3C)cn2)c(C)c1. The number of rotatable bonds is 5. The van der Waals surface area contributed by atoms with E-state index in [2.05, 4.69) is 53.5 Å². The summed E-state index contributed by atoms with van der Waals surface area (Å²) in [5, 5.41) is 6.18. The van der Waals surface area contributed by atoms with Crippen LogP contribution in [-0.4, -0.2) is 15.9 Å². The molecule has 1 aromatic heterocycles. The zero-order valence-electron chi connectivity index (χ0n) is 16.1. The standard InChI is InChI=1S/C22H24N4O/c1-14-9-16(3)21(17(4)10-14)26-20-13-23-19(12-24-20)22(27)25-11-18-8-6-5-7-15(18)2/h5-10,12-13H,11H2,1-4H3,(H,24,26)(H,25,27). The van der Waals surface area contributed by atoms with Crippen LogP contribution in [0.25, 0.3) is 0 Å². The number of nitrogens with one attached hydrogen (secondary N) is 2. The molecule has 3 rings (SSSR count). The Hall–Kier alpha value is -3.21. The molecular weight excluding hydrogens is 336 g/mol. The molecule has 0 bridgehead atoms. The van der Waals surface area contributed by atoms with Gasteiger partial charge in [-0.3, -0.25) is 4.79 Å². The fraction of sp³-hybridized carbons (Fsp3) is 0.227. The number of carbonyl (C=O) groups is 1. The highest BCUT2D eigenvalue weighted by molar-refractivity contribution is 5.92. The molecule has 5 heteroatoms. The smallest absolute Gasteiger partial charge is 0.271 e. The maximum absolute atomic E-state index is 12.3. The monoisotopic (exact) mass is 360 g/mol. The molecule has 0 spiro atoms. The number of amides is 1. The normalized spacial score (nSPS) is 10.5. The van der Waals surface area contributed by atoms with Gasteiger partial charge in [0.05, 0.1) is 12.4 Å². The van der Waals surface area contributed by atoms with Crippen LogP contribution in [0.5, 0.6) is 0 Å². The minimum Gasteiger partial charge on any atom is -0.347 e. The zero-order valence-corrected chi connectivity index (χ0v) is 16.1. The van der Waals surface area contributed by atoms with Gasteiger partial charge in [0.2, 0.25) is 0 Å². The molecule has 5 nitrogen and oxygen atoms in total. The number of aromatic nitrogens is 2. The molecule has 0 saturated carbocycles. The molecule has 0 unspecified atom stereocenters. The summed E-state index contributed by atoms with van der Waals surface area (Å²) in [4.78, 5) is 20.9. The lowest BCUT2D eigenvalue weighted by Gasteiger charge is -2.13. The van der Waals surface area contributed by atoms with Gasteiger partial charge in [0.25, 0.3) is 5.91 Å². The first-order chi connectivity index (χ1) is 12.9. The summed E-state index contributed by atoms with van der Waals surface area (Å²) in [6.07, 6.45) is 3.08. The molecule has 0 aliphatic rings. The van der Waals surface area contributed by atoms with Gasteiger partial charge in [-0.2, -0.15) is 0 Å². The number of hydrogen-bond donors (Lipinski definition) is 2. The molecular formula is C22H24N4O. The molecule has 3 aromatic rings. The van der Waals surface area contributed by atoms with Crippen LogP contribution in [0.3, 0.4) is 0 Å². The topological polar surface area (TPSA) is 66.9 Å². The maximum Gasteiger partial charge on any atom is 0.271 e. The molecule has 27 heavy (non-hydrogen) atoms. The molecule has 0 aliphatic heterocycles. The van der Waals surface area contributed by atoms with E-state index in [1.54, 1.807) is 6.20 Å². The van der Waals surface area contributed by atoms with Crippen molar-refractivity contribution in [2.45, 2.75) is 34.2 Å². The molecule has 0 radical (unpaired) electrons. The van der Waals surface area contributed by atoms with Crippen LogP contribution in [0.2, 0.25) is 0 Å². The number of hydrogen-bond acceptors (Lipinski definition) is 4. The van der Waals surface area contributed by atoms with Gasteiger partial charge in [-0.15, -0.1) is 0 Å². The van der Waals surface area contributed by atoms with E-state index in [1.807, 2.05) is 31.2 Å². The van der Waals surface area contributed by atoms with Crippen LogP contribution in [0.4, 0.5) is 11.5 Å². The highest BCUT2D eigenvalue weighted by Crippen LogP contribution is 2.24. The third-order valence-electron chi connectivity index (χ3n) is 4.52. The Morgan fingerprint density at radius 3 is 2.26 bits per heavy atom. The Morgan fingerprint density at radius 2 is 1.63 bits per heavy atom. The first kappa shape index (κ1) is 18.6. The molecule has 0 saturated heterocycles. The van der Waals surface area contributed by atoms with E-state index in [9.17, 15) is 4.79 Å². The Balaban J connectivity index is 1.66. The van der Waals surface area contributed by atoms with Gasteiger partial charge in [0.1, 0.15) is 11.5 Å². The summed E-state index contributed by atoms with van der Waals surface area (Å²) in [7, 11) is 0. The maximum atomic E-state index is 12.3. The van der Waals surface area contributed by atoms with Crippen molar-refractivity contribution in [1.82, 2.24) is 15.3 Å². The van der Waals surface area contributed by atoms with Crippen molar-refractivity contribution < 1.29 is 4.79 Å². The van der Waals surface area contributed by atoms with E-state index in [0.717, 1.165) is 27.9 Å². The van der Waals surface area contributed by atoms with E-state index >= 15 is 0 Å². The van der Waals surface area contributed by atoms with Crippen molar-refractivity contribution in [2.24, 2.45) is 0 Å². The van der Waals surface area contributed by atoms with Crippen LogP contribution >= 0.6 is 0 Å². The Labute approximate surface area is 159 Å². The Morgan fingerprint density at radius 1 is 0.926 bits per heavy atom. The Kier molecular flexibility index (Phi) is 5.50. The summed E-state index contributed by atoms with van der Waals surface area (Å²) < 4.78 is 0. The predicted octanol–water partition coefficient (Wildman–Crippen LogP) is 4.38. The van der Waals surface area contributed by atoms with Crippen LogP contribution < -0.4 is 10.6 Å². The lowest BCUT2D eigenvalue weighted by Crippen LogP contribution is -2.24. The number of benzene rings is 2. The number of nitrogens with zero attached hydrogens (tertiary/aromatic N) is 2. The van der Waals surface area contributed by atoms with Crippen LogP contribution in [0.15, 0.2) is 48.8 Å². The molecule has 0 fully saturated rings. The molecule has 1 amide bonds. The second-order valence-electron chi connectivity index (χ2n) is 6.79. The molecule has 2 aromatic carbocycles. The highest BCUT2D eigenvalue weighted by Gasteiger charge is 2.10. The van der Waals surface area contributed by atoms with E-state index < -0.39 is 0 Å². The Bertz CT molecular complexity index is 941. The summed E-state index contributed by atoms with van der Waals surface area (Å²) >= 11 is 0. The van der Waals surface area contributed by atoms with E-state index in [1.165, 1.54) is 11.8 Å². The predicted molar refractivity (Wildman–Crippen MR) is 108 cm³/mol. The van der Waals surface area contributed by atoms with E-state index in [-0.39, 0.29) is 5.91 Å². The summed E-state index contributed by atoms with van der Waals surface area (Å²) in [6.45, 7) is 8.69. The van der Waals surface area contributed by atoms with Crippen molar-refractivity contribution in [2.75, 3.05) is 5.32 Å². The van der Waals surface area contributed by atoms with Crippen LogP contribution in [0.1, 0.15) is 38.3 Å². The summed E-state index contributed by atoms with van der Waals surface area (Å²) in [6, 6.07) is 12.2. The van der Waals surface area contributed by atoms with E-state index in [4.69, 9.17) is 0 Å². The van der Waals surface area contributed by atoms with Gasteiger partial charge in [-0.25, -0.2) is 9.97 Å². The number of carbonyl (C=O) groups excluding carboxylic acids is 1. The molecule has 2 N–H and O–H groups in total. The summed E-state index contributed by atoms with van der Waals surface area (Å²) in [5.74, 6) is 0.375. The van der Waals surface area contributed by atoms with Gasteiger partial charge >= 0.3 is 0 Å². The van der Waals surface area contributed by atoms with Crippen molar-refractivity contribution in [3.8, 4) is 0 Å². The average molecular weight is 360 g/mol. The van der Waals surface area contributed by atoms with Crippen LogP contribution in [0, 0.1) is 27.7 Å². The van der Waals surface area contributed by atoms with Gasteiger partial charge in [-0.1, -0.05) is 42.0 Å². The van der Waals surface area contributed by atoms with Crippen LogP contribution in [-0.2, 0) is 6.54 Å². The number of anilines is 2. The summed E-state index contributed by atoms with van der Waals surface area (Å²) in [5.41, 5.74) is 7.07. The largest absolute Gasteiger partial charge is 0.347 e. The number of aryl methyl sites for hydroxylation is 4. The lowest BCUT2D eigenvalue weighted by molar-refractivity contribution is 0.0945. The fourth-order valence-corrected chi connectivity index (χ4v) is 3.09. The second-order valence-corrected chi connectivity index (χ2v) is 6.79. The highest BCUT2D eigenvalue weighted by atomic mass is 16.1. The van der Waals surface area contributed by atoms with Crippen molar-refractivity contribution in [3.05, 3.63) is 82.3 Å². The van der Waals surface area contributed by atoms with Gasteiger partial charge < -0.3 is 10.6 Å². The molecule has 138 valence electrons. The third-order valence-corrected chi connectivity index (χ3v) is 4.52. The van der Waals surface area contributed by atoms with Crippen molar-refractivity contribution >= 4 is 17.4 Å². The first-order valence-corrected chi connectivity index (χ1v) is 8.93. The van der Waals surface area contributed by atoms with Crippen molar-refractivity contribution in [1.29, 1.82) is 0 Å². The lowest BCUT2D eigenvalue weighted by atomic mass is 10.1. The van der Waals surface area contributed by atoms with Gasteiger partial charge in [0.15, 0.2) is 0 Å². The molecule has 1 heterocycles. The first-order valence-electron chi connectivity index (χ1n) is 8.93. The minimum atomic E-state index is -0.236. The fourth-order valence-electron chi connectivity index (χ4n) is 3.09. The molecule has 0 aliphatic carbocycles. The van der Waals surface area contributed by atoms with Gasteiger partial charge in [0, 0.05) is 12.2 Å². The third kappa shape index (κ3) is 4.50. The second kappa shape index (κ2) is 7.99. The van der Waals surface area contributed by atoms with Crippen molar-refractivity contribution in [3.63, 3.8) is 0 Å². The quantitative estimate of drug-likeness (QED) is 0.708. The minimum absolute atomic E-state index is 0.236. The van der Waals surface area contributed by atoms with Gasteiger partial charge in [-0.05, 0) is 49.9 Å². The van der Waals surface area contributed by atoms with E-state index in [0.29, 0.717) is 18.1 Å².